The predicted molar refractivity (Wildman–Crippen MR) is 162 cm³/mol. The molecule has 1 aliphatic rings. The lowest BCUT2D eigenvalue weighted by atomic mass is 9.95. The highest BCUT2D eigenvalue weighted by Crippen LogP contribution is 2.35. The summed E-state index contributed by atoms with van der Waals surface area (Å²) in [5.74, 6) is 0.917. The fraction of sp³-hybridized carbons (Fsp3) is 0.346. The van der Waals surface area contributed by atoms with Crippen molar-refractivity contribution in [3.8, 4) is 17.2 Å². The molecule has 0 bridgehead atoms. The molecule has 4 N–H and O–H groups in total. The highest BCUT2D eigenvalue weighted by Gasteiger charge is 2.32. The Morgan fingerprint density at radius 2 is 1.90 bits per heavy atom. The van der Waals surface area contributed by atoms with Crippen LogP contribution in [0.5, 0.6) is 17.2 Å². The van der Waals surface area contributed by atoms with Crippen LogP contribution in [-0.2, 0) is 9.53 Å². The van der Waals surface area contributed by atoms with Gasteiger partial charge in [-0.1, -0.05) is 6.07 Å². The standard InChI is InChI=1S/C26H30I2N4O7/c1-5-37-20-10-15(23-22(25(34)36-4)14(3)30-26(35)31-23)7-8-19(20)39-13-21(33)32-29-12-16-9-17(27)11-18(28)24(16)38-6-2/h7-12,21,23,32-33H,5-6,13H2,1-4H3,(H2,30,31,35)/b29-12+/t21-,23-/m1/s1. The minimum atomic E-state index is -1.12. The second-order valence-electron chi connectivity index (χ2n) is 8.15. The number of ether oxygens (including phenoxy) is 4. The van der Waals surface area contributed by atoms with Gasteiger partial charge in [0.25, 0.3) is 0 Å². The fourth-order valence-corrected chi connectivity index (χ4v) is 5.83. The highest BCUT2D eigenvalue weighted by atomic mass is 127. The van der Waals surface area contributed by atoms with E-state index in [1.165, 1.54) is 7.11 Å². The van der Waals surface area contributed by atoms with Gasteiger partial charge in [-0.05, 0) is 95.8 Å². The average molecular weight is 764 g/mol. The molecule has 1 aliphatic heterocycles. The third-order valence-electron chi connectivity index (χ3n) is 5.43. The number of urea groups is 1. The van der Waals surface area contributed by atoms with Gasteiger partial charge in [0, 0.05) is 14.8 Å². The lowest BCUT2D eigenvalue weighted by Crippen LogP contribution is -2.45. The summed E-state index contributed by atoms with van der Waals surface area (Å²) in [6.45, 7) is 6.10. The van der Waals surface area contributed by atoms with Crippen molar-refractivity contribution in [1.82, 2.24) is 16.1 Å². The van der Waals surface area contributed by atoms with Crippen molar-refractivity contribution >= 4 is 63.4 Å². The van der Waals surface area contributed by atoms with Crippen LogP contribution in [0.25, 0.3) is 0 Å². The van der Waals surface area contributed by atoms with Crippen LogP contribution in [0.3, 0.4) is 0 Å². The highest BCUT2D eigenvalue weighted by molar-refractivity contribution is 14.1. The number of hydrogen-bond donors (Lipinski definition) is 4. The number of nitrogens with zero attached hydrogens (tertiary/aromatic N) is 1. The molecule has 1 heterocycles. The maximum absolute atomic E-state index is 12.4. The monoisotopic (exact) mass is 764 g/mol. The van der Waals surface area contributed by atoms with Gasteiger partial charge in [0.15, 0.2) is 17.7 Å². The number of aliphatic hydroxyl groups excluding tert-OH is 1. The molecule has 2 aromatic rings. The van der Waals surface area contributed by atoms with Gasteiger partial charge in [0.05, 0.1) is 41.7 Å². The topological polar surface area (TPSA) is 140 Å². The molecule has 0 saturated heterocycles. The zero-order valence-electron chi connectivity index (χ0n) is 21.8. The number of rotatable bonds is 12. The number of esters is 1. The number of nitrogens with one attached hydrogen (secondary N) is 3. The first-order chi connectivity index (χ1) is 18.7. The number of carbonyl (C=O) groups is 2. The van der Waals surface area contributed by atoms with Gasteiger partial charge in [0.2, 0.25) is 0 Å². The van der Waals surface area contributed by atoms with Crippen molar-refractivity contribution in [3.05, 3.63) is 59.9 Å². The van der Waals surface area contributed by atoms with Gasteiger partial charge >= 0.3 is 12.0 Å². The Labute approximate surface area is 254 Å². The van der Waals surface area contributed by atoms with E-state index in [-0.39, 0.29) is 12.2 Å². The van der Waals surface area contributed by atoms with Crippen LogP contribution in [0.2, 0.25) is 0 Å². The summed E-state index contributed by atoms with van der Waals surface area (Å²) in [5, 5.41) is 19.9. The van der Waals surface area contributed by atoms with E-state index in [0.717, 1.165) is 18.5 Å². The van der Waals surface area contributed by atoms with Crippen LogP contribution in [0.1, 0.15) is 37.9 Å². The number of methoxy groups -OCH3 is 1. The van der Waals surface area contributed by atoms with Gasteiger partial charge < -0.3 is 34.7 Å². The second-order valence-corrected chi connectivity index (χ2v) is 10.6. The summed E-state index contributed by atoms with van der Waals surface area (Å²) in [7, 11) is 1.28. The molecular formula is C26H30I2N4O7. The summed E-state index contributed by atoms with van der Waals surface area (Å²) in [6.07, 6.45) is 0.466. The Balaban J connectivity index is 1.72. The van der Waals surface area contributed by atoms with E-state index in [1.54, 1.807) is 31.3 Å². The molecule has 0 aromatic heterocycles. The van der Waals surface area contributed by atoms with Crippen molar-refractivity contribution in [3.63, 3.8) is 0 Å². The largest absolute Gasteiger partial charge is 0.492 e. The van der Waals surface area contributed by atoms with E-state index in [9.17, 15) is 14.7 Å². The molecule has 2 aromatic carbocycles. The normalized spacial score (nSPS) is 15.9. The molecule has 0 saturated carbocycles. The third-order valence-corrected chi connectivity index (χ3v) is 6.85. The lowest BCUT2D eigenvalue weighted by Gasteiger charge is -2.28. The first-order valence-corrected chi connectivity index (χ1v) is 14.2. The Morgan fingerprint density at radius 3 is 2.59 bits per heavy atom. The number of carbonyl (C=O) groups excluding carboxylic acids is 2. The molecular weight excluding hydrogens is 734 g/mol. The number of hydrogen-bond acceptors (Lipinski definition) is 9. The third kappa shape index (κ3) is 8.11. The summed E-state index contributed by atoms with van der Waals surface area (Å²) in [5.41, 5.74) is 4.70. The molecule has 13 heteroatoms. The minimum absolute atomic E-state index is 0.130. The second kappa shape index (κ2) is 14.6. The van der Waals surface area contributed by atoms with E-state index in [4.69, 9.17) is 18.9 Å². The zero-order valence-corrected chi connectivity index (χ0v) is 26.2. The van der Waals surface area contributed by atoms with Crippen LogP contribution in [0.15, 0.2) is 46.7 Å². The Kier molecular flexibility index (Phi) is 11.5. The van der Waals surface area contributed by atoms with Crippen LogP contribution < -0.4 is 30.3 Å². The van der Waals surface area contributed by atoms with E-state index in [2.05, 4.69) is 66.3 Å². The van der Waals surface area contributed by atoms with Crippen LogP contribution in [0, 0.1) is 7.14 Å². The van der Waals surface area contributed by atoms with Crippen LogP contribution in [-0.4, -0.2) is 56.5 Å². The molecule has 2 amide bonds. The van der Waals surface area contributed by atoms with E-state index < -0.39 is 24.3 Å². The van der Waals surface area contributed by atoms with E-state index >= 15 is 0 Å². The summed E-state index contributed by atoms with van der Waals surface area (Å²) >= 11 is 4.43. The number of aliphatic hydroxyl groups is 1. The molecule has 3 rings (SSSR count). The fourth-order valence-electron chi connectivity index (χ4n) is 3.79. The molecule has 0 radical (unpaired) electrons. The number of allylic oxidation sites excluding steroid dienone is 1. The minimum Gasteiger partial charge on any atom is -0.492 e. The first-order valence-electron chi connectivity index (χ1n) is 12.0. The molecule has 210 valence electrons. The molecule has 0 unspecified atom stereocenters. The lowest BCUT2D eigenvalue weighted by molar-refractivity contribution is -0.136. The van der Waals surface area contributed by atoms with Crippen molar-refractivity contribution < 1.29 is 33.6 Å². The summed E-state index contributed by atoms with van der Waals surface area (Å²) in [6, 6.07) is 7.79. The van der Waals surface area contributed by atoms with Crippen molar-refractivity contribution in [2.45, 2.75) is 33.0 Å². The van der Waals surface area contributed by atoms with Gasteiger partial charge in [0.1, 0.15) is 12.4 Å². The van der Waals surface area contributed by atoms with Crippen molar-refractivity contribution in [1.29, 1.82) is 0 Å². The molecule has 11 nitrogen and oxygen atoms in total. The smallest absolute Gasteiger partial charge is 0.337 e. The number of amides is 2. The predicted octanol–water partition coefficient (Wildman–Crippen LogP) is 3.82. The number of benzene rings is 2. The Bertz CT molecular complexity index is 1270. The Morgan fingerprint density at radius 1 is 1.15 bits per heavy atom. The maximum Gasteiger partial charge on any atom is 0.337 e. The van der Waals surface area contributed by atoms with Gasteiger partial charge in [-0.2, -0.15) is 5.10 Å². The van der Waals surface area contributed by atoms with Crippen LogP contribution in [0.4, 0.5) is 4.79 Å². The average Bonchev–Trinajstić information content (AvgIpc) is 2.89. The van der Waals surface area contributed by atoms with Crippen molar-refractivity contribution in [2.75, 3.05) is 26.9 Å². The van der Waals surface area contributed by atoms with Crippen LogP contribution >= 0.6 is 45.2 Å². The molecule has 0 fully saturated rings. The first kappa shape index (κ1) is 30.7. The summed E-state index contributed by atoms with van der Waals surface area (Å²) in [4.78, 5) is 24.5. The van der Waals surface area contributed by atoms with E-state index in [1.807, 2.05) is 26.0 Å². The summed E-state index contributed by atoms with van der Waals surface area (Å²) < 4.78 is 24.2. The van der Waals surface area contributed by atoms with E-state index in [0.29, 0.717) is 36.0 Å². The Hall–Kier alpha value is -2.79. The van der Waals surface area contributed by atoms with Crippen molar-refractivity contribution in [2.24, 2.45) is 5.10 Å². The molecule has 2 atom stereocenters. The SMILES string of the molecule is CCOc1cc([C@H]2NC(=O)NC(C)=C2C(=O)OC)ccc1OC[C@@H](O)N/N=C/c1cc(I)cc(I)c1OCC. The molecule has 0 spiro atoms. The van der Waals surface area contributed by atoms with Gasteiger partial charge in [-0.3, -0.25) is 5.43 Å². The van der Waals surface area contributed by atoms with Gasteiger partial charge in [-0.25, -0.2) is 9.59 Å². The number of halogens is 2. The maximum atomic E-state index is 12.4. The number of hydrazone groups is 1. The van der Waals surface area contributed by atoms with Gasteiger partial charge in [-0.15, -0.1) is 0 Å². The zero-order chi connectivity index (χ0) is 28.5. The quantitative estimate of drug-likeness (QED) is 0.0843. The molecule has 39 heavy (non-hydrogen) atoms. The molecule has 0 aliphatic carbocycles.